The molecule has 0 aliphatic heterocycles. The van der Waals surface area contributed by atoms with Gasteiger partial charge in [-0.25, -0.2) is 0 Å². The minimum Gasteiger partial charge on any atom is -0.380 e. The standard InChI is InChI=1S/C9H19NO2/c1-3-12-6-8(10)9(11-2)7-4-5-7/h7-9H,3-6,10H2,1-2H3. The largest absolute Gasteiger partial charge is 0.380 e. The summed E-state index contributed by atoms with van der Waals surface area (Å²) in [5, 5.41) is 0. The topological polar surface area (TPSA) is 44.5 Å². The maximum atomic E-state index is 5.91. The minimum absolute atomic E-state index is 0.0439. The Kier molecular flexibility index (Phi) is 3.98. The molecule has 72 valence electrons. The summed E-state index contributed by atoms with van der Waals surface area (Å²) in [6.07, 6.45) is 2.73. The van der Waals surface area contributed by atoms with Gasteiger partial charge in [0.25, 0.3) is 0 Å². The van der Waals surface area contributed by atoms with E-state index < -0.39 is 0 Å². The normalized spacial score (nSPS) is 22.2. The first kappa shape index (κ1) is 9.96. The quantitative estimate of drug-likeness (QED) is 0.645. The van der Waals surface area contributed by atoms with Gasteiger partial charge in [-0.15, -0.1) is 0 Å². The zero-order valence-corrected chi connectivity index (χ0v) is 7.95. The fraction of sp³-hybridized carbons (Fsp3) is 1.00. The summed E-state index contributed by atoms with van der Waals surface area (Å²) in [5.74, 6) is 0.686. The van der Waals surface area contributed by atoms with E-state index in [2.05, 4.69) is 0 Å². The predicted octanol–water partition coefficient (Wildman–Crippen LogP) is 0.775. The zero-order valence-electron chi connectivity index (χ0n) is 7.95. The van der Waals surface area contributed by atoms with Crippen molar-refractivity contribution in [3.63, 3.8) is 0 Å². The van der Waals surface area contributed by atoms with E-state index in [0.717, 1.165) is 6.61 Å². The molecule has 0 heterocycles. The molecule has 0 aromatic heterocycles. The van der Waals surface area contributed by atoms with Crippen LogP contribution in [-0.4, -0.2) is 32.5 Å². The number of rotatable bonds is 6. The van der Waals surface area contributed by atoms with Crippen LogP contribution in [-0.2, 0) is 9.47 Å². The van der Waals surface area contributed by atoms with Crippen molar-refractivity contribution < 1.29 is 9.47 Å². The Morgan fingerprint density at radius 2 is 2.17 bits per heavy atom. The maximum absolute atomic E-state index is 5.91. The molecule has 0 bridgehead atoms. The summed E-state index contributed by atoms with van der Waals surface area (Å²) < 4.78 is 10.6. The van der Waals surface area contributed by atoms with Gasteiger partial charge in [-0.2, -0.15) is 0 Å². The van der Waals surface area contributed by atoms with Gasteiger partial charge in [0.05, 0.1) is 18.8 Å². The molecule has 1 fully saturated rings. The van der Waals surface area contributed by atoms with Crippen LogP contribution >= 0.6 is 0 Å². The predicted molar refractivity (Wildman–Crippen MR) is 48.0 cm³/mol. The molecule has 1 rings (SSSR count). The Labute approximate surface area is 74.2 Å². The fourth-order valence-corrected chi connectivity index (χ4v) is 1.49. The lowest BCUT2D eigenvalue weighted by Gasteiger charge is -2.21. The molecule has 0 spiro atoms. The molecule has 1 saturated carbocycles. The van der Waals surface area contributed by atoms with E-state index in [1.807, 2.05) is 6.92 Å². The summed E-state index contributed by atoms with van der Waals surface area (Å²) in [4.78, 5) is 0. The number of nitrogens with two attached hydrogens (primary N) is 1. The zero-order chi connectivity index (χ0) is 8.97. The lowest BCUT2D eigenvalue weighted by atomic mass is 10.1. The van der Waals surface area contributed by atoms with Crippen molar-refractivity contribution in [3.8, 4) is 0 Å². The molecule has 1 aliphatic rings. The van der Waals surface area contributed by atoms with Crippen molar-refractivity contribution >= 4 is 0 Å². The van der Waals surface area contributed by atoms with Crippen molar-refractivity contribution in [1.82, 2.24) is 0 Å². The summed E-state index contributed by atoms with van der Waals surface area (Å²) >= 11 is 0. The summed E-state index contributed by atoms with van der Waals surface area (Å²) in [6, 6.07) is 0.0439. The summed E-state index contributed by atoms with van der Waals surface area (Å²) in [7, 11) is 1.73. The highest BCUT2D eigenvalue weighted by Crippen LogP contribution is 2.35. The van der Waals surface area contributed by atoms with Gasteiger partial charge in [0.2, 0.25) is 0 Å². The third kappa shape index (κ3) is 2.73. The maximum Gasteiger partial charge on any atom is 0.0772 e. The average Bonchev–Trinajstić information content (AvgIpc) is 2.86. The van der Waals surface area contributed by atoms with Crippen LogP contribution in [0.15, 0.2) is 0 Å². The van der Waals surface area contributed by atoms with Gasteiger partial charge in [0.15, 0.2) is 0 Å². The second-order valence-electron chi connectivity index (χ2n) is 3.36. The van der Waals surface area contributed by atoms with E-state index in [4.69, 9.17) is 15.2 Å². The van der Waals surface area contributed by atoms with Gasteiger partial charge in [0.1, 0.15) is 0 Å². The first-order valence-corrected chi connectivity index (χ1v) is 4.65. The molecule has 0 aromatic carbocycles. The van der Waals surface area contributed by atoms with Crippen molar-refractivity contribution in [2.24, 2.45) is 11.7 Å². The van der Waals surface area contributed by atoms with Crippen LogP contribution in [0.2, 0.25) is 0 Å². The van der Waals surface area contributed by atoms with Crippen LogP contribution in [0.3, 0.4) is 0 Å². The molecular weight excluding hydrogens is 154 g/mol. The van der Waals surface area contributed by atoms with Gasteiger partial charge in [-0.1, -0.05) is 0 Å². The Morgan fingerprint density at radius 3 is 2.58 bits per heavy atom. The second-order valence-corrected chi connectivity index (χ2v) is 3.36. The van der Waals surface area contributed by atoms with Gasteiger partial charge >= 0.3 is 0 Å². The third-order valence-electron chi connectivity index (χ3n) is 2.30. The monoisotopic (exact) mass is 173 g/mol. The van der Waals surface area contributed by atoms with E-state index >= 15 is 0 Å². The highest BCUT2D eigenvalue weighted by molar-refractivity contribution is 4.88. The van der Waals surface area contributed by atoms with E-state index in [-0.39, 0.29) is 12.1 Å². The van der Waals surface area contributed by atoms with E-state index in [0.29, 0.717) is 12.5 Å². The van der Waals surface area contributed by atoms with Crippen LogP contribution < -0.4 is 5.73 Å². The van der Waals surface area contributed by atoms with E-state index in [1.54, 1.807) is 7.11 Å². The number of hydrogen-bond donors (Lipinski definition) is 1. The molecule has 0 aromatic rings. The third-order valence-corrected chi connectivity index (χ3v) is 2.30. The number of methoxy groups -OCH3 is 1. The molecule has 2 atom stereocenters. The molecule has 12 heavy (non-hydrogen) atoms. The lowest BCUT2D eigenvalue weighted by Crippen LogP contribution is -2.41. The van der Waals surface area contributed by atoms with Crippen LogP contribution in [0.1, 0.15) is 19.8 Å². The lowest BCUT2D eigenvalue weighted by molar-refractivity contribution is 0.0250. The van der Waals surface area contributed by atoms with E-state index in [1.165, 1.54) is 12.8 Å². The fourth-order valence-electron chi connectivity index (χ4n) is 1.49. The first-order valence-electron chi connectivity index (χ1n) is 4.65. The molecule has 0 saturated heterocycles. The number of hydrogen-bond acceptors (Lipinski definition) is 3. The molecule has 1 aliphatic carbocycles. The smallest absolute Gasteiger partial charge is 0.0772 e. The second kappa shape index (κ2) is 4.80. The Bertz CT molecular complexity index is 126. The van der Waals surface area contributed by atoms with Crippen molar-refractivity contribution in [1.29, 1.82) is 0 Å². The highest BCUT2D eigenvalue weighted by atomic mass is 16.5. The van der Waals surface area contributed by atoms with Crippen molar-refractivity contribution in [2.45, 2.75) is 31.9 Å². The minimum atomic E-state index is 0.0439. The molecule has 0 amide bonds. The molecule has 2 unspecified atom stereocenters. The SMILES string of the molecule is CCOCC(N)C(OC)C1CC1. The van der Waals surface area contributed by atoms with Crippen molar-refractivity contribution in [2.75, 3.05) is 20.3 Å². The van der Waals surface area contributed by atoms with Crippen molar-refractivity contribution in [3.05, 3.63) is 0 Å². The van der Waals surface area contributed by atoms with E-state index in [9.17, 15) is 0 Å². The average molecular weight is 173 g/mol. The Hall–Kier alpha value is -0.120. The Morgan fingerprint density at radius 1 is 1.50 bits per heavy atom. The van der Waals surface area contributed by atoms with Crippen LogP contribution in [0.4, 0.5) is 0 Å². The molecule has 3 nitrogen and oxygen atoms in total. The molecule has 0 radical (unpaired) electrons. The van der Waals surface area contributed by atoms with Crippen LogP contribution in [0.25, 0.3) is 0 Å². The summed E-state index contributed by atoms with van der Waals surface area (Å²) in [6.45, 7) is 3.33. The molecule has 2 N–H and O–H groups in total. The van der Waals surface area contributed by atoms with Gasteiger partial charge in [-0.05, 0) is 25.7 Å². The van der Waals surface area contributed by atoms with Crippen LogP contribution in [0, 0.1) is 5.92 Å². The number of ether oxygens (including phenoxy) is 2. The highest BCUT2D eigenvalue weighted by Gasteiger charge is 2.35. The first-order chi connectivity index (χ1) is 5.79. The van der Waals surface area contributed by atoms with Crippen LogP contribution in [0.5, 0.6) is 0 Å². The summed E-state index contributed by atoms with van der Waals surface area (Å²) in [5.41, 5.74) is 5.91. The molecular formula is C9H19NO2. The Balaban J connectivity index is 2.21. The van der Waals surface area contributed by atoms with Gasteiger partial charge < -0.3 is 15.2 Å². The van der Waals surface area contributed by atoms with Gasteiger partial charge in [0, 0.05) is 13.7 Å². The van der Waals surface area contributed by atoms with Gasteiger partial charge in [-0.3, -0.25) is 0 Å². The molecule has 3 heteroatoms.